The lowest BCUT2D eigenvalue weighted by Gasteiger charge is -2.29. The molecule has 2 aliphatic rings. The maximum atomic E-state index is 9.19. The molecule has 1 aromatic carbocycles. The Bertz CT molecular complexity index is 520. The number of nitrogens with one attached hydrogen (secondary N) is 1. The Morgan fingerprint density at radius 1 is 1.37 bits per heavy atom. The predicted molar refractivity (Wildman–Crippen MR) is 80.9 cm³/mol. The quantitative estimate of drug-likeness (QED) is 0.886. The van der Waals surface area contributed by atoms with Crippen LogP contribution in [0.3, 0.4) is 0 Å². The normalized spacial score (nSPS) is 30.1. The van der Waals surface area contributed by atoms with Crippen molar-refractivity contribution in [3.8, 4) is 6.07 Å². The first-order chi connectivity index (χ1) is 9.17. The molecule has 4 unspecified atom stereocenters. The van der Waals surface area contributed by atoms with E-state index in [1.807, 2.05) is 18.2 Å². The second-order valence-electron chi connectivity index (χ2n) is 6.07. The summed E-state index contributed by atoms with van der Waals surface area (Å²) < 4.78 is 1.02. The fraction of sp³-hybridized carbons (Fsp3) is 0.562. The highest BCUT2D eigenvalue weighted by Crippen LogP contribution is 2.49. The first-order valence-corrected chi connectivity index (χ1v) is 7.93. The van der Waals surface area contributed by atoms with Crippen LogP contribution in [0, 0.1) is 29.1 Å². The summed E-state index contributed by atoms with van der Waals surface area (Å²) >= 11 is 3.48. The van der Waals surface area contributed by atoms with E-state index in [1.165, 1.54) is 25.7 Å². The van der Waals surface area contributed by atoms with Crippen molar-refractivity contribution in [2.24, 2.45) is 17.8 Å². The van der Waals surface area contributed by atoms with E-state index in [9.17, 15) is 5.26 Å². The molecule has 0 spiro atoms. The second-order valence-corrected chi connectivity index (χ2v) is 6.99. The molecule has 19 heavy (non-hydrogen) atoms. The summed E-state index contributed by atoms with van der Waals surface area (Å²) in [7, 11) is 0. The van der Waals surface area contributed by atoms with E-state index < -0.39 is 0 Å². The molecule has 0 heterocycles. The van der Waals surface area contributed by atoms with E-state index in [2.05, 4.69) is 34.2 Å². The Morgan fingerprint density at radius 2 is 2.21 bits per heavy atom. The van der Waals surface area contributed by atoms with E-state index >= 15 is 0 Å². The second kappa shape index (κ2) is 5.17. The number of nitrogens with zero attached hydrogens (tertiary/aromatic N) is 1. The molecule has 0 saturated heterocycles. The highest BCUT2D eigenvalue weighted by atomic mass is 79.9. The Labute approximate surface area is 123 Å². The molecule has 100 valence electrons. The van der Waals surface area contributed by atoms with Crippen molar-refractivity contribution in [3.05, 3.63) is 28.2 Å². The molecular weight excluding hydrogens is 300 g/mol. The van der Waals surface area contributed by atoms with Gasteiger partial charge in [0.1, 0.15) is 6.07 Å². The molecule has 0 aromatic heterocycles. The molecular formula is C16H19BrN2. The van der Waals surface area contributed by atoms with Crippen LogP contribution >= 0.6 is 15.9 Å². The van der Waals surface area contributed by atoms with Crippen LogP contribution in [0.4, 0.5) is 5.69 Å². The fourth-order valence-corrected chi connectivity index (χ4v) is 4.35. The number of hydrogen-bond acceptors (Lipinski definition) is 2. The molecule has 3 rings (SSSR count). The van der Waals surface area contributed by atoms with Crippen LogP contribution in [-0.2, 0) is 0 Å². The van der Waals surface area contributed by atoms with Crippen molar-refractivity contribution >= 4 is 21.6 Å². The summed E-state index contributed by atoms with van der Waals surface area (Å²) in [4.78, 5) is 0. The summed E-state index contributed by atoms with van der Waals surface area (Å²) in [5.41, 5.74) is 1.70. The third kappa shape index (κ3) is 2.51. The van der Waals surface area contributed by atoms with Gasteiger partial charge < -0.3 is 5.32 Å². The molecule has 2 nitrogen and oxygen atoms in total. The zero-order valence-electron chi connectivity index (χ0n) is 11.2. The number of benzene rings is 1. The van der Waals surface area contributed by atoms with Crippen molar-refractivity contribution in [1.82, 2.24) is 0 Å². The standard InChI is InChI=1S/C16H19BrN2/c1-10(15-7-11-2-3-12(15)6-11)19-16-8-14(17)5-4-13(16)9-18/h4-5,8,10-12,15,19H,2-3,6-7H2,1H3. The van der Waals surface area contributed by atoms with Gasteiger partial charge in [-0.3, -0.25) is 0 Å². The van der Waals surface area contributed by atoms with E-state index in [0.29, 0.717) is 6.04 Å². The van der Waals surface area contributed by atoms with Gasteiger partial charge in [0.05, 0.1) is 11.3 Å². The predicted octanol–water partition coefficient (Wildman–Crippen LogP) is 4.56. The van der Waals surface area contributed by atoms with Crippen molar-refractivity contribution in [2.45, 2.75) is 38.6 Å². The number of nitriles is 1. The summed E-state index contributed by atoms with van der Waals surface area (Å²) in [6.45, 7) is 2.27. The minimum Gasteiger partial charge on any atom is -0.381 e. The smallest absolute Gasteiger partial charge is 0.101 e. The Morgan fingerprint density at radius 3 is 2.84 bits per heavy atom. The van der Waals surface area contributed by atoms with Crippen molar-refractivity contribution in [1.29, 1.82) is 5.26 Å². The monoisotopic (exact) mass is 318 g/mol. The van der Waals surface area contributed by atoms with Gasteiger partial charge in [-0.1, -0.05) is 22.4 Å². The minimum atomic E-state index is 0.455. The molecule has 0 radical (unpaired) electrons. The van der Waals surface area contributed by atoms with Gasteiger partial charge >= 0.3 is 0 Å². The maximum Gasteiger partial charge on any atom is 0.101 e. The molecule has 2 bridgehead atoms. The summed E-state index contributed by atoms with van der Waals surface area (Å²) in [5.74, 6) is 2.66. The molecule has 1 aromatic rings. The molecule has 0 amide bonds. The number of fused-ring (bicyclic) bond motifs is 2. The van der Waals surface area contributed by atoms with Gasteiger partial charge in [-0.25, -0.2) is 0 Å². The van der Waals surface area contributed by atoms with Crippen LogP contribution in [0.2, 0.25) is 0 Å². The van der Waals surface area contributed by atoms with Crippen LogP contribution < -0.4 is 5.32 Å². The van der Waals surface area contributed by atoms with Crippen LogP contribution in [0.5, 0.6) is 0 Å². The van der Waals surface area contributed by atoms with Crippen LogP contribution in [0.15, 0.2) is 22.7 Å². The highest BCUT2D eigenvalue weighted by Gasteiger charge is 2.41. The first kappa shape index (κ1) is 13.0. The number of halogens is 1. The number of anilines is 1. The molecule has 3 heteroatoms. The summed E-state index contributed by atoms with van der Waals surface area (Å²) in [5, 5.41) is 12.8. The molecule has 1 N–H and O–H groups in total. The minimum absolute atomic E-state index is 0.455. The Kier molecular flexibility index (Phi) is 3.54. The van der Waals surface area contributed by atoms with Gasteiger partial charge in [0, 0.05) is 10.5 Å². The fourth-order valence-electron chi connectivity index (χ4n) is 3.99. The van der Waals surface area contributed by atoms with Crippen molar-refractivity contribution < 1.29 is 0 Å². The third-order valence-electron chi connectivity index (χ3n) is 4.92. The Hall–Kier alpha value is -1.01. The van der Waals surface area contributed by atoms with E-state index in [-0.39, 0.29) is 0 Å². The Balaban J connectivity index is 1.74. The van der Waals surface area contributed by atoms with Crippen molar-refractivity contribution in [3.63, 3.8) is 0 Å². The zero-order valence-corrected chi connectivity index (χ0v) is 12.8. The van der Waals surface area contributed by atoms with Gasteiger partial charge in [0.25, 0.3) is 0 Å². The third-order valence-corrected chi connectivity index (χ3v) is 5.41. The molecule has 4 atom stereocenters. The number of rotatable bonds is 3. The van der Waals surface area contributed by atoms with Crippen LogP contribution in [-0.4, -0.2) is 6.04 Å². The van der Waals surface area contributed by atoms with Gasteiger partial charge in [-0.2, -0.15) is 5.26 Å². The highest BCUT2D eigenvalue weighted by molar-refractivity contribution is 9.10. The average molecular weight is 319 g/mol. The van der Waals surface area contributed by atoms with Gasteiger partial charge in [-0.15, -0.1) is 0 Å². The SMILES string of the molecule is CC(Nc1cc(Br)ccc1C#N)C1CC2CCC1C2. The lowest BCUT2D eigenvalue weighted by Crippen LogP contribution is -2.30. The van der Waals surface area contributed by atoms with Gasteiger partial charge in [0.2, 0.25) is 0 Å². The van der Waals surface area contributed by atoms with E-state index in [1.54, 1.807) is 0 Å². The van der Waals surface area contributed by atoms with Crippen LogP contribution in [0.1, 0.15) is 38.2 Å². The van der Waals surface area contributed by atoms with Crippen molar-refractivity contribution in [2.75, 3.05) is 5.32 Å². The van der Waals surface area contributed by atoms with E-state index in [4.69, 9.17) is 0 Å². The molecule has 2 fully saturated rings. The topological polar surface area (TPSA) is 35.8 Å². The average Bonchev–Trinajstić information content (AvgIpc) is 3.01. The first-order valence-electron chi connectivity index (χ1n) is 7.13. The summed E-state index contributed by atoms with van der Waals surface area (Å²) in [6, 6.07) is 8.54. The largest absolute Gasteiger partial charge is 0.381 e. The summed E-state index contributed by atoms with van der Waals surface area (Å²) in [6.07, 6.45) is 5.65. The molecule has 2 saturated carbocycles. The van der Waals surface area contributed by atoms with Gasteiger partial charge in [-0.05, 0) is 62.1 Å². The lowest BCUT2D eigenvalue weighted by atomic mass is 9.84. The lowest BCUT2D eigenvalue weighted by molar-refractivity contribution is 0.304. The zero-order chi connectivity index (χ0) is 13.4. The molecule has 2 aliphatic carbocycles. The molecule has 0 aliphatic heterocycles. The van der Waals surface area contributed by atoms with Gasteiger partial charge in [0.15, 0.2) is 0 Å². The maximum absolute atomic E-state index is 9.19. The van der Waals surface area contributed by atoms with Crippen LogP contribution in [0.25, 0.3) is 0 Å². The van der Waals surface area contributed by atoms with E-state index in [0.717, 1.165) is 33.5 Å². The number of hydrogen-bond donors (Lipinski definition) is 1.